The van der Waals surface area contributed by atoms with Crippen LogP contribution in [0.2, 0.25) is 0 Å². The van der Waals surface area contributed by atoms with Gasteiger partial charge < -0.3 is 14.6 Å². The molecule has 2 aromatic rings. The Bertz CT molecular complexity index is 795. The molecule has 0 bridgehead atoms. The Hall–Kier alpha value is -2.91. The van der Waals surface area contributed by atoms with Crippen molar-refractivity contribution in [2.45, 2.75) is 39.9 Å². The topological polar surface area (TPSA) is 92.4 Å². The molecule has 6 nitrogen and oxygen atoms in total. The van der Waals surface area contributed by atoms with Crippen LogP contribution in [0.25, 0.3) is 0 Å². The van der Waals surface area contributed by atoms with Crippen LogP contribution in [0.15, 0.2) is 30.5 Å². The van der Waals surface area contributed by atoms with Crippen LogP contribution in [0, 0.1) is 18.3 Å². The normalized spacial score (nSPS) is 10.2. The maximum Gasteiger partial charge on any atom is 0.306 e. The Morgan fingerprint density at radius 2 is 2.04 bits per heavy atom. The number of carbonyl (C=O) groups is 1. The number of hydrogen-bond donors (Lipinski definition) is 1. The second kappa shape index (κ2) is 9.54. The highest BCUT2D eigenvalue weighted by Crippen LogP contribution is 2.28. The molecule has 0 aliphatic heterocycles. The largest absolute Gasteiger partial charge is 0.487 e. The average Bonchev–Trinajstić information content (AvgIpc) is 2.66. The molecule has 2 rings (SSSR count). The van der Waals surface area contributed by atoms with Crippen LogP contribution >= 0.6 is 0 Å². The highest BCUT2D eigenvalue weighted by molar-refractivity contribution is 5.70. The molecular formula is C20H22N2O4. The van der Waals surface area contributed by atoms with E-state index in [1.165, 1.54) is 0 Å². The number of nitriles is 1. The third-order valence-electron chi connectivity index (χ3n) is 3.93. The summed E-state index contributed by atoms with van der Waals surface area (Å²) in [5.41, 5.74) is 3.59. The number of aryl methyl sites for hydroxylation is 1. The lowest BCUT2D eigenvalue weighted by Gasteiger charge is -2.16. The van der Waals surface area contributed by atoms with Crippen LogP contribution in [-0.2, 0) is 29.2 Å². The maximum absolute atomic E-state index is 11.7. The van der Waals surface area contributed by atoms with Crippen molar-refractivity contribution in [1.82, 2.24) is 4.98 Å². The van der Waals surface area contributed by atoms with Gasteiger partial charge in [-0.15, -0.1) is 0 Å². The predicted molar refractivity (Wildman–Crippen MR) is 95.3 cm³/mol. The minimum atomic E-state index is -0.288. The smallest absolute Gasteiger partial charge is 0.306 e. The lowest BCUT2D eigenvalue weighted by molar-refractivity contribution is -0.143. The van der Waals surface area contributed by atoms with Crippen molar-refractivity contribution in [1.29, 1.82) is 5.26 Å². The van der Waals surface area contributed by atoms with Gasteiger partial charge in [0.1, 0.15) is 12.4 Å². The number of aliphatic hydroxyl groups excluding tert-OH is 1. The van der Waals surface area contributed by atoms with Gasteiger partial charge in [-0.05, 0) is 38.0 Å². The van der Waals surface area contributed by atoms with Crippen molar-refractivity contribution in [3.8, 4) is 11.8 Å². The van der Waals surface area contributed by atoms with Crippen LogP contribution in [0.4, 0.5) is 0 Å². The Labute approximate surface area is 153 Å². The number of rotatable bonds is 8. The number of aromatic nitrogens is 1. The van der Waals surface area contributed by atoms with Crippen molar-refractivity contribution >= 4 is 5.97 Å². The summed E-state index contributed by atoms with van der Waals surface area (Å²) >= 11 is 0. The number of ether oxygens (including phenoxy) is 2. The summed E-state index contributed by atoms with van der Waals surface area (Å²) in [6.45, 7) is 4.04. The van der Waals surface area contributed by atoms with Gasteiger partial charge in [0, 0.05) is 23.7 Å². The van der Waals surface area contributed by atoms with Crippen LogP contribution in [0.1, 0.15) is 41.3 Å². The predicted octanol–water partition coefficient (Wildman–Crippen LogP) is 2.83. The molecule has 1 aromatic heterocycles. The fraction of sp³-hybridized carbons (Fsp3) is 0.350. The number of esters is 1. The van der Waals surface area contributed by atoms with Crippen molar-refractivity contribution in [2.24, 2.45) is 0 Å². The number of hydrogen-bond acceptors (Lipinski definition) is 6. The van der Waals surface area contributed by atoms with Gasteiger partial charge in [0.2, 0.25) is 0 Å². The summed E-state index contributed by atoms with van der Waals surface area (Å²) < 4.78 is 10.9. The number of pyridine rings is 1. The molecule has 6 heteroatoms. The van der Waals surface area contributed by atoms with Crippen LogP contribution in [-0.4, -0.2) is 22.7 Å². The van der Waals surface area contributed by atoms with E-state index in [2.05, 4.69) is 11.1 Å². The third-order valence-corrected chi connectivity index (χ3v) is 3.93. The Kier molecular flexibility index (Phi) is 7.12. The highest BCUT2D eigenvalue weighted by atomic mass is 16.5. The second-order valence-electron chi connectivity index (χ2n) is 5.74. The summed E-state index contributed by atoms with van der Waals surface area (Å²) in [4.78, 5) is 16.0. The van der Waals surface area contributed by atoms with Gasteiger partial charge in [-0.1, -0.05) is 12.1 Å². The molecule has 0 spiro atoms. The zero-order valence-corrected chi connectivity index (χ0v) is 15.0. The van der Waals surface area contributed by atoms with Crippen molar-refractivity contribution < 1.29 is 19.4 Å². The molecular weight excluding hydrogens is 332 g/mol. The summed E-state index contributed by atoms with van der Waals surface area (Å²) in [5.74, 6) is 0.286. The summed E-state index contributed by atoms with van der Waals surface area (Å²) in [6.07, 6.45) is 2.21. The lowest BCUT2D eigenvalue weighted by Crippen LogP contribution is -2.10. The van der Waals surface area contributed by atoms with E-state index in [9.17, 15) is 9.90 Å². The molecule has 1 N–H and O–H groups in total. The molecule has 1 aromatic carbocycles. The van der Waals surface area contributed by atoms with Crippen molar-refractivity contribution in [2.75, 3.05) is 6.61 Å². The van der Waals surface area contributed by atoms with E-state index in [0.717, 1.165) is 11.1 Å². The SMILES string of the molecule is CCOC(=O)CCc1c(CO)cnc(C)c1OCc1ccc(C#N)cc1. The molecule has 0 radical (unpaired) electrons. The molecule has 0 aliphatic rings. The number of carbonyl (C=O) groups excluding carboxylic acids is 1. The first-order valence-corrected chi connectivity index (χ1v) is 8.44. The molecule has 26 heavy (non-hydrogen) atoms. The number of aliphatic hydroxyl groups is 1. The van der Waals surface area contributed by atoms with Crippen LogP contribution in [0.5, 0.6) is 5.75 Å². The van der Waals surface area contributed by atoms with E-state index in [1.807, 2.05) is 19.1 Å². The van der Waals surface area contributed by atoms with Gasteiger partial charge >= 0.3 is 5.97 Å². The number of nitrogens with zero attached hydrogens (tertiary/aromatic N) is 2. The fourth-order valence-corrected chi connectivity index (χ4v) is 2.57. The van der Waals surface area contributed by atoms with E-state index in [0.29, 0.717) is 42.2 Å². The summed E-state index contributed by atoms with van der Waals surface area (Å²) in [6, 6.07) is 9.20. The first kappa shape index (κ1) is 19.4. The second-order valence-corrected chi connectivity index (χ2v) is 5.74. The highest BCUT2D eigenvalue weighted by Gasteiger charge is 2.16. The fourth-order valence-electron chi connectivity index (χ4n) is 2.57. The minimum Gasteiger partial charge on any atom is -0.487 e. The van der Waals surface area contributed by atoms with Gasteiger partial charge in [0.25, 0.3) is 0 Å². The zero-order valence-electron chi connectivity index (χ0n) is 15.0. The van der Waals surface area contributed by atoms with Gasteiger partial charge in [0.05, 0.1) is 30.5 Å². The third kappa shape index (κ3) is 5.04. The molecule has 0 unspecified atom stereocenters. The summed E-state index contributed by atoms with van der Waals surface area (Å²) in [5, 5.41) is 18.5. The molecule has 136 valence electrons. The van der Waals surface area contributed by atoms with Crippen molar-refractivity contribution in [3.05, 3.63) is 58.4 Å². The molecule has 0 saturated carbocycles. The molecule has 0 atom stereocenters. The van der Waals surface area contributed by atoms with E-state index < -0.39 is 0 Å². The Morgan fingerprint density at radius 1 is 1.31 bits per heavy atom. The van der Waals surface area contributed by atoms with E-state index in [-0.39, 0.29) is 19.0 Å². The zero-order chi connectivity index (χ0) is 18.9. The molecule has 0 aliphatic carbocycles. The quantitative estimate of drug-likeness (QED) is 0.733. The monoisotopic (exact) mass is 354 g/mol. The Balaban J connectivity index is 2.19. The molecule has 0 saturated heterocycles. The number of benzene rings is 1. The van der Waals surface area contributed by atoms with E-state index in [1.54, 1.807) is 25.3 Å². The minimum absolute atomic E-state index is 0.182. The van der Waals surface area contributed by atoms with Gasteiger partial charge in [-0.2, -0.15) is 5.26 Å². The van der Waals surface area contributed by atoms with Gasteiger partial charge in [-0.25, -0.2) is 0 Å². The lowest BCUT2D eigenvalue weighted by atomic mass is 10.0. The maximum atomic E-state index is 11.7. The first-order chi connectivity index (χ1) is 12.6. The van der Waals surface area contributed by atoms with Crippen LogP contribution < -0.4 is 4.74 Å². The standard InChI is InChI=1S/C20H22N2O4/c1-3-25-19(24)9-8-18-17(12-23)11-22-14(2)20(18)26-13-16-6-4-15(10-21)5-7-16/h4-7,11,23H,3,8-9,12-13H2,1-2H3. The summed E-state index contributed by atoms with van der Waals surface area (Å²) in [7, 11) is 0. The first-order valence-electron chi connectivity index (χ1n) is 8.44. The molecule has 1 heterocycles. The van der Waals surface area contributed by atoms with Crippen LogP contribution in [0.3, 0.4) is 0 Å². The van der Waals surface area contributed by atoms with Gasteiger partial charge in [-0.3, -0.25) is 9.78 Å². The molecule has 0 amide bonds. The Morgan fingerprint density at radius 3 is 2.65 bits per heavy atom. The van der Waals surface area contributed by atoms with E-state index >= 15 is 0 Å². The average molecular weight is 354 g/mol. The van der Waals surface area contributed by atoms with E-state index in [4.69, 9.17) is 14.7 Å². The molecule has 0 fully saturated rings. The van der Waals surface area contributed by atoms with Crippen molar-refractivity contribution in [3.63, 3.8) is 0 Å². The van der Waals surface area contributed by atoms with Gasteiger partial charge in [0.15, 0.2) is 0 Å².